The fourth-order valence-electron chi connectivity index (χ4n) is 1.58. The molecule has 1 rings (SSSR count). The standard InChI is InChI=1S/C12H17FN2O4S.ClH/c1-19-12(16)11-9(13)5-4-6-10(11)20(17,18)15-8-3-2-7-14;/h4-6,15H,2-3,7-8,14H2,1H3;1H. The van der Waals surface area contributed by atoms with Crippen LogP contribution in [0.1, 0.15) is 23.2 Å². The molecule has 9 heteroatoms. The number of esters is 1. The van der Waals surface area contributed by atoms with E-state index in [1.54, 1.807) is 0 Å². The van der Waals surface area contributed by atoms with E-state index in [9.17, 15) is 17.6 Å². The molecular formula is C12H18ClFN2O4S. The number of halogens is 2. The summed E-state index contributed by atoms with van der Waals surface area (Å²) in [6.07, 6.45) is 1.22. The number of carbonyl (C=O) groups excluding carboxylic acids is 1. The Morgan fingerprint density at radius 1 is 1.38 bits per heavy atom. The number of methoxy groups -OCH3 is 1. The Labute approximate surface area is 129 Å². The summed E-state index contributed by atoms with van der Waals surface area (Å²) in [5.41, 5.74) is 4.71. The zero-order chi connectivity index (χ0) is 15.2. The topological polar surface area (TPSA) is 98.5 Å². The first kappa shape index (κ1) is 19.8. The van der Waals surface area contributed by atoms with Gasteiger partial charge in [0, 0.05) is 6.54 Å². The highest BCUT2D eigenvalue weighted by Gasteiger charge is 2.25. The third-order valence-corrected chi connectivity index (χ3v) is 4.08. The molecule has 0 aliphatic rings. The molecule has 0 bridgehead atoms. The molecule has 1 aromatic rings. The Hall–Kier alpha value is -1.22. The van der Waals surface area contributed by atoms with Crippen molar-refractivity contribution in [3.05, 3.63) is 29.6 Å². The Kier molecular flexibility index (Phi) is 8.41. The van der Waals surface area contributed by atoms with Gasteiger partial charge in [0.1, 0.15) is 11.4 Å². The number of hydrogen-bond acceptors (Lipinski definition) is 5. The smallest absolute Gasteiger partial charge is 0.342 e. The number of unbranched alkanes of at least 4 members (excludes halogenated alkanes) is 1. The lowest BCUT2D eigenvalue weighted by molar-refractivity contribution is 0.0590. The van der Waals surface area contributed by atoms with Crippen LogP contribution >= 0.6 is 12.4 Å². The van der Waals surface area contributed by atoms with Gasteiger partial charge in [-0.05, 0) is 31.5 Å². The lowest BCUT2D eigenvalue weighted by Gasteiger charge is -2.10. The van der Waals surface area contributed by atoms with Gasteiger partial charge in [-0.25, -0.2) is 22.3 Å². The molecule has 3 N–H and O–H groups in total. The summed E-state index contributed by atoms with van der Waals surface area (Å²) in [7, 11) is -2.93. The van der Waals surface area contributed by atoms with Crippen molar-refractivity contribution >= 4 is 28.4 Å². The van der Waals surface area contributed by atoms with Crippen LogP contribution in [0.2, 0.25) is 0 Å². The van der Waals surface area contributed by atoms with E-state index < -0.39 is 32.3 Å². The van der Waals surface area contributed by atoms with Gasteiger partial charge < -0.3 is 10.5 Å². The van der Waals surface area contributed by atoms with Gasteiger partial charge in [0.05, 0.1) is 12.0 Å². The highest BCUT2D eigenvalue weighted by atomic mass is 35.5. The van der Waals surface area contributed by atoms with E-state index >= 15 is 0 Å². The molecular weight excluding hydrogens is 323 g/mol. The maximum atomic E-state index is 13.7. The number of nitrogens with two attached hydrogens (primary N) is 1. The van der Waals surface area contributed by atoms with Gasteiger partial charge in [0.15, 0.2) is 0 Å². The van der Waals surface area contributed by atoms with E-state index in [0.717, 1.165) is 19.2 Å². The molecule has 0 heterocycles. The van der Waals surface area contributed by atoms with Gasteiger partial charge in [0.25, 0.3) is 0 Å². The second-order valence-corrected chi connectivity index (χ2v) is 5.73. The Balaban J connectivity index is 0.00000400. The summed E-state index contributed by atoms with van der Waals surface area (Å²) in [6.45, 7) is 0.617. The number of hydrogen-bond donors (Lipinski definition) is 2. The predicted octanol–water partition coefficient (Wildman–Crippen LogP) is 1.05. The molecule has 0 aliphatic heterocycles. The Morgan fingerprint density at radius 2 is 2.05 bits per heavy atom. The van der Waals surface area contributed by atoms with Crippen LogP contribution in [0, 0.1) is 5.82 Å². The van der Waals surface area contributed by atoms with Gasteiger partial charge in [-0.3, -0.25) is 0 Å². The highest BCUT2D eigenvalue weighted by molar-refractivity contribution is 7.89. The van der Waals surface area contributed by atoms with Gasteiger partial charge >= 0.3 is 5.97 Å². The molecule has 120 valence electrons. The summed E-state index contributed by atoms with van der Waals surface area (Å²) in [5.74, 6) is -1.98. The van der Waals surface area contributed by atoms with Crippen molar-refractivity contribution in [1.29, 1.82) is 0 Å². The van der Waals surface area contributed by atoms with E-state index in [2.05, 4.69) is 9.46 Å². The van der Waals surface area contributed by atoms with Crippen LogP contribution in [0.4, 0.5) is 4.39 Å². The van der Waals surface area contributed by atoms with Gasteiger partial charge in [0.2, 0.25) is 10.0 Å². The van der Waals surface area contributed by atoms with Gasteiger partial charge in [-0.2, -0.15) is 0 Å². The monoisotopic (exact) mass is 340 g/mol. The lowest BCUT2D eigenvalue weighted by atomic mass is 10.2. The second-order valence-electron chi connectivity index (χ2n) is 4.00. The largest absolute Gasteiger partial charge is 0.465 e. The first-order chi connectivity index (χ1) is 9.44. The normalized spacial score (nSPS) is 10.8. The fourth-order valence-corrected chi connectivity index (χ4v) is 2.86. The van der Waals surface area contributed by atoms with Crippen molar-refractivity contribution in [2.45, 2.75) is 17.7 Å². The third kappa shape index (κ3) is 5.24. The zero-order valence-electron chi connectivity index (χ0n) is 11.5. The molecule has 1 aromatic carbocycles. The molecule has 0 unspecified atom stereocenters. The van der Waals surface area contributed by atoms with Crippen molar-refractivity contribution in [3.8, 4) is 0 Å². The van der Waals surface area contributed by atoms with E-state index in [4.69, 9.17) is 5.73 Å². The lowest BCUT2D eigenvalue weighted by Crippen LogP contribution is -2.27. The van der Waals surface area contributed by atoms with Gasteiger partial charge in [-0.15, -0.1) is 12.4 Å². The van der Waals surface area contributed by atoms with E-state index in [1.165, 1.54) is 6.07 Å². The SMILES string of the molecule is COC(=O)c1c(F)cccc1S(=O)(=O)NCCCCN.Cl. The number of rotatable bonds is 7. The number of ether oxygens (including phenoxy) is 1. The summed E-state index contributed by atoms with van der Waals surface area (Å²) < 4.78 is 44.5. The van der Waals surface area contributed by atoms with Crippen molar-refractivity contribution < 1.29 is 22.3 Å². The molecule has 0 atom stereocenters. The molecule has 21 heavy (non-hydrogen) atoms. The molecule has 0 radical (unpaired) electrons. The van der Waals surface area contributed by atoms with Crippen LogP contribution in [0.3, 0.4) is 0 Å². The van der Waals surface area contributed by atoms with E-state index in [-0.39, 0.29) is 19.0 Å². The molecule has 0 spiro atoms. The number of sulfonamides is 1. The predicted molar refractivity (Wildman–Crippen MR) is 78.5 cm³/mol. The summed E-state index contributed by atoms with van der Waals surface area (Å²) in [6, 6.07) is 3.37. The van der Waals surface area contributed by atoms with Crippen LogP contribution in [0.15, 0.2) is 23.1 Å². The van der Waals surface area contributed by atoms with Crippen molar-refractivity contribution in [2.75, 3.05) is 20.2 Å². The summed E-state index contributed by atoms with van der Waals surface area (Å²) >= 11 is 0. The van der Waals surface area contributed by atoms with Gasteiger partial charge in [-0.1, -0.05) is 6.07 Å². The fraction of sp³-hybridized carbons (Fsp3) is 0.417. The molecule has 0 aliphatic carbocycles. The van der Waals surface area contributed by atoms with E-state index in [1.807, 2.05) is 0 Å². The Bertz CT molecular complexity index is 581. The van der Waals surface area contributed by atoms with Crippen LogP contribution in [0.5, 0.6) is 0 Å². The van der Waals surface area contributed by atoms with Crippen LogP contribution in [-0.2, 0) is 14.8 Å². The van der Waals surface area contributed by atoms with Crippen LogP contribution in [-0.4, -0.2) is 34.6 Å². The number of carbonyl (C=O) groups is 1. The minimum absolute atomic E-state index is 0. The summed E-state index contributed by atoms with van der Waals surface area (Å²) in [4.78, 5) is 11.1. The average molecular weight is 341 g/mol. The zero-order valence-corrected chi connectivity index (χ0v) is 13.1. The molecule has 0 aromatic heterocycles. The van der Waals surface area contributed by atoms with Crippen molar-refractivity contribution in [2.24, 2.45) is 5.73 Å². The molecule has 0 amide bonds. The molecule has 0 saturated heterocycles. The Morgan fingerprint density at radius 3 is 2.62 bits per heavy atom. The summed E-state index contributed by atoms with van der Waals surface area (Å²) in [5, 5.41) is 0. The minimum atomic E-state index is -3.98. The average Bonchev–Trinajstić information content (AvgIpc) is 2.42. The van der Waals surface area contributed by atoms with Crippen LogP contribution in [0.25, 0.3) is 0 Å². The van der Waals surface area contributed by atoms with E-state index in [0.29, 0.717) is 19.4 Å². The highest BCUT2D eigenvalue weighted by Crippen LogP contribution is 2.19. The minimum Gasteiger partial charge on any atom is -0.465 e. The first-order valence-electron chi connectivity index (χ1n) is 6.00. The maximum absolute atomic E-state index is 13.7. The first-order valence-corrected chi connectivity index (χ1v) is 7.49. The molecule has 6 nitrogen and oxygen atoms in total. The molecule has 0 saturated carbocycles. The van der Waals surface area contributed by atoms with Crippen molar-refractivity contribution in [3.63, 3.8) is 0 Å². The second kappa shape index (κ2) is 8.93. The quantitative estimate of drug-likeness (QED) is 0.571. The van der Waals surface area contributed by atoms with Crippen molar-refractivity contribution in [1.82, 2.24) is 4.72 Å². The molecule has 0 fully saturated rings. The van der Waals surface area contributed by atoms with Crippen LogP contribution < -0.4 is 10.5 Å². The maximum Gasteiger partial charge on any atom is 0.342 e. The number of nitrogens with one attached hydrogen (secondary N) is 1. The number of benzene rings is 1. The third-order valence-electron chi connectivity index (χ3n) is 2.58.